The van der Waals surface area contributed by atoms with Gasteiger partial charge in [-0.2, -0.15) is 0 Å². The predicted molar refractivity (Wildman–Crippen MR) is 45.1 cm³/mol. The lowest BCUT2D eigenvalue weighted by atomic mass is 9.93. The van der Waals surface area contributed by atoms with Crippen molar-refractivity contribution in [2.45, 2.75) is 27.7 Å². The molecule has 0 saturated carbocycles. The van der Waals surface area contributed by atoms with E-state index < -0.39 is 0 Å². The van der Waals surface area contributed by atoms with E-state index in [0.29, 0.717) is 17.7 Å². The van der Waals surface area contributed by atoms with Crippen LogP contribution in [-0.2, 0) is 0 Å². The average molecular weight is 142 g/mol. The van der Waals surface area contributed by atoms with Crippen LogP contribution in [0.2, 0.25) is 0 Å². The van der Waals surface area contributed by atoms with Crippen LogP contribution in [-0.4, -0.2) is 0 Å². The first-order valence-electron chi connectivity index (χ1n) is 3.71. The van der Waals surface area contributed by atoms with Crippen LogP contribution in [0.15, 0.2) is 11.4 Å². The summed E-state index contributed by atoms with van der Waals surface area (Å²) in [6, 6.07) is 0. The second-order valence-corrected chi connectivity index (χ2v) is 3.22. The molecule has 0 heterocycles. The Morgan fingerprint density at radius 3 is 1.20 bits per heavy atom. The summed E-state index contributed by atoms with van der Waals surface area (Å²) >= 11 is 0. The van der Waals surface area contributed by atoms with Gasteiger partial charge in [0.1, 0.15) is 0 Å². The fraction of sp³-hybridized carbons (Fsp3) is 0.750. The van der Waals surface area contributed by atoms with E-state index in [2.05, 4.69) is 27.7 Å². The van der Waals surface area contributed by atoms with Gasteiger partial charge in [-0.05, 0) is 17.4 Å². The third-order valence-corrected chi connectivity index (χ3v) is 1.58. The second kappa shape index (κ2) is 3.49. The van der Waals surface area contributed by atoms with Crippen LogP contribution in [0.25, 0.3) is 0 Å². The minimum atomic E-state index is 0.463. The summed E-state index contributed by atoms with van der Waals surface area (Å²) in [6.07, 6.45) is 0. The standard InChI is InChI=1S/C8H18N2/c1-5(2)7(6(3)4)8(9)10/h5-6H,9-10H2,1-4H3. The topological polar surface area (TPSA) is 52.0 Å². The van der Waals surface area contributed by atoms with Crippen molar-refractivity contribution in [3.8, 4) is 0 Å². The van der Waals surface area contributed by atoms with Gasteiger partial charge in [-0.25, -0.2) is 0 Å². The number of allylic oxidation sites excluding steroid dienone is 1. The molecule has 0 bridgehead atoms. The molecule has 60 valence electrons. The zero-order chi connectivity index (χ0) is 8.31. The monoisotopic (exact) mass is 142 g/mol. The van der Waals surface area contributed by atoms with Gasteiger partial charge in [0.2, 0.25) is 0 Å². The Kier molecular flexibility index (Phi) is 3.26. The lowest BCUT2D eigenvalue weighted by Gasteiger charge is -2.16. The fourth-order valence-electron chi connectivity index (χ4n) is 1.33. The van der Waals surface area contributed by atoms with E-state index in [1.165, 1.54) is 5.57 Å². The minimum Gasteiger partial charge on any atom is -0.386 e. The largest absolute Gasteiger partial charge is 0.386 e. The molecule has 0 fully saturated rings. The number of nitrogens with two attached hydrogens (primary N) is 2. The van der Waals surface area contributed by atoms with Crippen molar-refractivity contribution in [3.05, 3.63) is 11.4 Å². The van der Waals surface area contributed by atoms with Gasteiger partial charge in [0.15, 0.2) is 0 Å². The highest BCUT2D eigenvalue weighted by atomic mass is 14.8. The highest BCUT2D eigenvalue weighted by Gasteiger charge is 2.09. The Balaban J connectivity index is 4.44. The summed E-state index contributed by atoms with van der Waals surface area (Å²) in [5, 5.41) is 0. The molecule has 0 aromatic rings. The van der Waals surface area contributed by atoms with Crippen molar-refractivity contribution in [2.24, 2.45) is 23.3 Å². The average Bonchev–Trinajstić information content (AvgIpc) is 1.59. The SMILES string of the molecule is CC(C)C(=C(N)N)C(C)C. The van der Waals surface area contributed by atoms with Crippen LogP contribution in [0.1, 0.15) is 27.7 Å². The molecular formula is C8H18N2. The van der Waals surface area contributed by atoms with Crippen molar-refractivity contribution < 1.29 is 0 Å². The molecule has 0 aliphatic rings. The lowest BCUT2D eigenvalue weighted by molar-refractivity contribution is 0.611. The molecule has 0 spiro atoms. The van der Waals surface area contributed by atoms with Crippen LogP contribution in [0.3, 0.4) is 0 Å². The van der Waals surface area contributed by atoms with Crippen molar-refractivity contribution >= 4 is 0 Å². The normalized spacial score (nSPS) is 10.6. The zero-order valence-electron chi connectivity index (χ0n) is 7.31. The van der Waals surface area contributed by atoms with E-state index in [-0.39, 0.29) is 0 Å². The van der Waals surface area contributed by atoms with E-state index in [1.54, 1.807) is 0 Å². The molecule has 0 aromatic carbocycles. The maximum absolute atomic E-state index is 5.50. The van der Waals surface area contributed by atoms with Crippen LogP contribution in [0.4, 0.5) is 0 Å². The van der Waals surface area contributed by atoms with Gasteiger partial charge >= 0.3 is 0 Å². The molecule has 0 amide bonds. The highest BCUT2D eigenvalue weighted by Crippen LogP contribution is 2.19. The third-order valence-electron chi connectivity index (χ3n) is 1.58. The van der Waals surface area contributed by atoms with Gasteiger partial charge in [-0.1, -0.05) is 27.7 Å². The fourth-order valence-corrected chi connectivity index (χ4v) is 1.33. The first-order valence-corrected chi connectivity index (χ1v) is 3.71. The smallest absolute Gasteiger partial charge is 0.0930 e. The lowest BCUT2D eigenvalue weighted by Crippen LogP contribution is -2.18. The molecule has 2 nitrogen and oxygen atoms in total. The Hall–Kier alpha value is -0.660. The van der Waals surface area contributed by atoms with Crippen LogP contribution in [0.5, 0.6) is 0 Å². The zero-order valence-corrected chi connectivity index (χ0v) is 7.31. The quantitative estimate of drug-likeness (QED) is 0.612. The van der Waals surface area contributed by atoms with Crippen molar-refractivity contribution in [3.63, 3.8) is 0 Å². The first kappa shape index (κ1) is 9.34. The Morgan fingerprint density at radius 2 is 1.20 bits per heavy atom. The van der Waals surface area contributed by atoms with E-state index >= 15 is 0 Å². The maximum Gasteiger partial charge on any atom is 0.0930 e. The Labute approximate surface area is 63.3 Å². The van der Waals surface area contributed by atoms with Crippen LogP contribution >= 0.6 is 0 Å². The van der Waals surface area contributed by atoms with E-state index in [0.717, 1.165) is 0 Å². The molecular weight excluding hydrogens is 124 g/mol. The number of rotatable bonds is 2. The summed E-state index contributed by atoms with van der Waals surface area (Å²) in [4.78, 5) is 0. The molecule has 0 radical (unpaired) electrons. The van der Waals surface area contributed by atoms with Crippen molar-refractivity contribution in [2.75, 3.05) is 0 Å². The van der Waals surface area contributed by atoms with Crippen LogP contribution in [0, 0.1) is 11.8 Å². The second-order valence-electron chi connectivity index (χ2n) is 3.22. The van der Waals surface area contributed by atoms with Crippen LogP contribution < -0.4 is 11.5 Å². The summed E-state index contributed by atoms with van der Waals surface area (Å²) in [5.74, 6) is 1.42. The van der Waals surface area contributed by atoms with E-state index in [4.69, 9.17) is 11.5 Å². The molecule has 0 rings (SSSR count). The van der Waals surface area contributed by atoms with E-state index in [9.17, 15) is 0 Å². The van der Waals surface area contributed by atoms with Gasteiger partial charge in [0.05, 0.1) is 5.82 Å². The minimum absolute atomic E-state index is 0.463. The molecule has 4 N–H and O–H groups in total. The molecule has 10 heavy (non-hydrogen) atoms. The summed E-state index contributed by atoms with van der Waals surface area (Å²) < 4.78 is 0. The first-order chi connectivity index (χ1) is 4.46. The third kappa shape index (κ3) is 2.29. The maximum atomic E-state index is 5.50. The Morgan fingerprint density at radius 1 is 0.900 bits per heavy atom. The van der Waals surface area contributed by atoms with Crippen molar-refractivity contribution in [1.82, 2.24) is 0 Å². The summed E-state index contributed by atoms with van der Waals surface area (Å²) in [7, 11) is 0. The summed E-state index contributed by atoms with van der Waals surface area (Å²) in [5.41, 5.74) is 12.2. The predicted octanol–water partition coefficient (Wildman–Crippen LogP) is 1.43. The summed E-state index contributed by atoms with van der Waals surface area (Å²) in [6.45, 7) is 8.42. The van der Waals surface area contributed by atoms with Gasteiger partial charge in [-0.3, -0.25) is 0 Å². The molecule has 0 aliphatic heterocycles. The molecule has 0 atom stereocenters. The molecule has 0 unspecified atom stereocenters. The van der Waals surface area contributed by atoms with Gasteiger partial charge in [0.25, 0.3) is 0 Å². The van der Waals surface area contributed by atoms with Gasteiger partial charge in [0, 0.05) is 0 Å². The molecule has 0 aliphatic carbocycles. The highest BCUT2D eigenvalue weighted by molar-refractivity contribution is 5.12. The van der Waals surface area contributed by atoms with Gasteiger partial charge < -0.3 is 11.5 Å². The number of hydrogen-bond donors (Lipinski definition) is 2. The molecule has 0 saturated heterocycles. The molecule has 2 heteroatoms. The number of hydrogen-bond acceptors (Lipinski definition) is 2. The Bertz CT molecular complexity index is 120. The van der Waals surface area contributed by atoms with Crippen molar-refractivity contribution in [1.29, 1.82) is 0 Å². The van der Waals surface area contributed by atoms with E-state index in [1.807, 2.05) is 0 Å². The van der Waals surface area contributed by atoms with Gasteiger partial charge in [-0.15, -0.1) is 0 Å². The molecule has 0 aromatic heterocycles.